The van der Waals surface area contributed by atoms with Crippen LogP contribution in [0.2, 0.25) is 0 Å². The molecule has 0 N–H and O–H groups in total. The average Bonchev–Trinajstić information content (AvgIpc) is 2.89. The van der Waals surface area contributed by atoms with E-state index < -0.39 is 0 Å². The van der Waals surface area contributed by atoms with Gasteiger partial charge in [0, 0.05) is 0 Å². The van der Waals surface area contributed by atoms with Crippen molar-refractivity contribution in [1.82, 2.24) is 0 Å². The van der Waals surface area contributed by atoms with Crippen molar-refractivity contribution in [3.8, 4) is 12.8 Å². The zero-order chi connectivity index (χ0) is 28.5. The van der Waals surface area contributed by atoms with Crippen LogP contribution >= 0.6 is 0 Å². The Hall–Kier alpha value is -2.78. The van der Waals surface area contributed by atoms with Gasteiger partial charge in [-0.3, -0.25) is 0 Å². The number of aryl methyl sites for hydroxylation is 4. The summed E-state index contributed by atoms with van der Waals surface area (Å²) < 4.78 is 0. The molecule has 0 radical (unpaired) electrons. The number of rotatable bonds is 4. The standard InChI is InChI=1S/C11H14.C10H12.C9H16.2C2H6.C2H2/c1-5-11-9(3)6-8(2)7-10(11)4;1-3-5-10-7-4-6-9(2)8-10;1-8(2)9-6-4-3-5-7-9;3*1-2/h5-7H,1H2,2-4H3;3-4,6-8H,1,5H2,2H3;9H,1,3-7H2,2H3;2*1-2H3;1-2H. The average molecular weight is 489 g/mol. The van der Waals surface area contributed by atoms with Gasteiger partial charge in [0.1, 0.15) is 0 Å². The van der Waals surface area contributed by atoms with E-state index in [0.29, 0.717) is 0 Å². The smallest absolute Gasteiger partial charge is 0.0100 e. The van der Waals surface area contributed by atoms with Crippen LogP contribution in [0.5, 0.6) is 0 Å². The van der Waals surface area contributed by atoms with E-state index in [1.54, 1.807) is 0 Å². The third-order valence-corrected chi connectivity index (χ3v) is 5.71. The Morgan fingerprint density at radius 2 is 1.33 bits per heavy atom. The van der Waals surface area contributed by atoms with Crippen LogP contribution in [-0.2, 0) is 6.42 Å². The molecule has 1 fully saturated rings. The van der Waals surface area contributed by atoms with E-state index in [4.69, 9.17) is 0 Å². The van der Waals surface area contributed by atoms with Crippen LogP contribution in [-0.4, -0.2) is 0 Å². The van der Waals surface area contributed by atoms with Gasteiger partial charge >= 0.3 is 0 Å². The Labute approximate surface area is 226 Å². The van der Waals surface area contributed by atoms with Crippen molar-refractivity contribution in [3.05, 3.63) is 101 Å². The Balaban J connectivity index is -0.000000411. The second-order valence-corrected chi connectivity index (χ2v) is 8.68. The van der Waals surface area contributed by atoms with E-state index in [9.17, 15) is 0 Å². The fourth-order valence-corrected chi connectivity index (χ4v) is 4.11. The number of hydrogen-bond acceptors (Lipinski definition) is 0. The van der Waals surface area contributed by atoms with Gasteiger partial charge < -0.3 is 0 Å². The summed E-state index contributed by atoms with van der Waals surface area (Å²) in [5, 5.41) is 0. The minimum atomic E-state index is 0.860. The molecule has 36 heavy (non-hydrogen) atoms. The van der Waals surface area contributed by atoms with E-state index in [0.717, 1.165) is 12.3 Å². The molecule has 0 aliphatic heterocycles. The maximum atomic E-state index is 4.00. The highest BCUT2D eigenvalue weighted by Crippen LogP contribution is 2.28. The molecule has 3 rings (SSSR count). The third kappa shape index (κ3) is 17.6. The second kappa shape index (κ2) is 25.3. The second-order valence-electron chi connectivity index (χ2n) is 8.68. The quantitative estimate of drug-likeness (QED) is 0.296. The molecule has 2 aromatic rings. The molecule has 0 nitrogen and oxygen atoms in total. The van der Waals surface area contributed by atoms with Crippen molar-refractivity contribution in [3.63, 3.8) is 0 Å². The van der Waals surface area contributed by atoms with Gasteiger partial charge in [-0.05, 0) is 82.1 Å². The van der Waals surface area contributed by atoms with Gasteiger partial charge in [-0.15, -0.1) is 19.4 Å². The highest BCUT2D eigenvalue weighted by atomic mass is 14.2. The van der Waals surface area contributed by atoms with Gasteiger partial charge in [0.2, 0.25) is 0 Å². The van der Waals surface area contributed by atoms with Crippen molar-refractivity contribution >= 4 is 6.08 Å². The van der Waals surface area contributed by atoms with Crippen LogP contribution in [0.15, 0.2) is 67.8 Å². The number of terminal acetylenes is 1. The van der Waals surface area contributed by atoms with E-state index in [1.165, 1.54) is 71.1 Å². The van der Waals surface area contributed by atoms with Crippen molar-refractivity contribution in [1.29, 1.82) is 0 Å². The van der Waals surface area contributed by atoms with Crippen LogP contribution in [0.3, 0.4) is 0 Å². The monoisotopic (exact) mass is 488 g/mol. The molecule has 2 aromatic carbocycles. The Kier molecular flexibility index (Phi) is 26.6. The summed E-state index contributed by atoms with van der Waals surface area (Å²) in [4.78, 5) is 0. The van der Waals surface area contributed by atoms with Crippen molar-refractivity contribution in [2.45, 2.75) is 101 Å². The van der Waals surface area contributed by atoms with E-state index in [2.05, 4.69) is 104 Å². The predicted octanol–water partition coefficient (Wildman–Crippen LogP) is 11.4. The first-order valence-corrected chi connectivity index (χ1v) is 13.6. The first kappa shape index (κ1) is 37.8. The van der Waals surface area contributed by atoms with Crippen LogP contribution < -0.4 is 0 Å². The van der Waals surface area contributed by atoms with E-state index in [-0.39, 0.29) is 0 Å². The summed E-state index contributed by atoms with van der Waals surface area (Å²) in [5.41, 5.74) is 9.29. The highest BCUT2D eigenvalue weighted by Gasteiger charge is 2.12. The van der Waals surface area contributed by atoms with Gasteiger partial charge in [-0.1, -0.05) is 125 Å². The summed E-state index contributed by atoms with van der Waals surface area (Å²) in [6.45, 7) is 30.1. The van der Waals surface area contributed by atoms with Crippen molar-refractivity contribution < 1.29 is 0 Å². The molecule has 0 aromatic heterocycles. The number of allylic oxidation sites excluding steroid dienone is 2. The van der Waals surface area contributed by atoms with Gasteiger partial charge in [0.15, 0.2) is 0 Å². The Morgan fingerprint density at radius 3 is 1.69 bits per heavy atom. The first-order chi connectivity index (χ1) is 17.3. The first-order valence-electron chi connectivity index (χ1n) is 13.6. The molecule has 200 valence electrons. The van der Waals surface area contributed by atoms with E-state index in [1.807, 2.05) is 39.8 Å². The van der Waals surface area contributed by atoms with Gasteiger partial charge in [-0.25, -0.2) is 0 Å². The molecule has 0 heterocycles. The van der Waals surface area contributed by atoms with Crippen LogP contribution in [0, 0.1) is 46.5 Å². The molecule has 1 aliphatic carbocycles. The van der Waals surface area contributed by atoms with Gasteiger partial charge in [-0.2, -0.15) is 0 Å². The summed E-state index contributed by atoms with van der Waals surface area (Å²) in [6, 6.07) is 12.9. The molecule has 1 aliphatic rings. The molecular weight excluding hydrogens is 432 g/mol. The molecule has 0 saturated heterocycles. The lowest BCUT2D eigenvalue weighted by molar-refractivity contribution is 0.404. The van der Waals surface area contributed by atoms with Gasteiger partial charge in [0.25, 0.3) is 0 Å². The largest absolute Gasteiger partial charge is 0.124 e. The lowest BCUT2D eigenvalue weighted by Gasteiger charge is -2.21. The molecule has 0 atom stereocenters. The number of benzene rings is 2. The summed E-state index contributed by atoms with van der Waals surface area (Å²) in [5.74, 6) is 0.860. The Bertz CT molecular complexity index is 834. The van der Waals surface area contributed by atoms with Crippen molar-refractivity contribution in [2.24, 2.45) is 5.92 Å². The molecule has 0 spiro atoms. The SMILES string of the molecule is C#C.C=C(C)C1CCCCC1.C=CCc1cccc(C)c1.C=Cc1c(C)cc(C)cc1C.CC.CC. The predicted molar refractivity (Wildman–Crippen MR) is 170 cm³/mol. The maximum Gasteiger partial charge on any atom is -0.0100 e. The summed E-state index contributed by atoms with van der Waals surface area (Å²) in [6.07, 6.45) is 19.9. The molecule has 1 saturated carbocycles. The molecule has 0 bridgehead atoms. The maximum absolute atomic E-state index is 4.00. The molecule has 0 heteroatoms. The minimum Gasteiger partial charge on any atom is -0.124 e. The molecule has 0 unspecified atom stereocenters. The van der Waals surface area contributed by atoms with Crippen molar-refractivity contribution in [2.75, 3.05) is 0 Å². The highest BCUT2D eigenvalue weighted by molar-refractivity contribution is 5.56. The molecule has 0 amide bonds. The normalized spacial score (nSPS) is 11.4. The lowest BCUT2D eigenvalue weighted by atomic mass is 9.85. The van der Waals surface area contributed by atoms with Crippen LogP contribution in [0.4, 0.5) is 0 Å². The minimum absolute atomic E-state index is 0.860. The van der Waals surface area contributed by atoms with Gasteiger partial charge in [0.05, 0.1) is 0 Å². The fourth-order valence-electron chi connectivity index (χ4n) is 4.11. The zero-order valence-corrected chi connectivity index (χ0v) is 25.2. The lowest BCUT2D eigenvalue weighted by Crippen LogP contribution is -2.05. The molecular formula is C36H56. The fraction of sp³-hybridized carbons (Fsp3) is 0.444. The van der Waals surface area contributed by atoms with Crippen LogP contribution in [0.1, 0.15) is 100 Å². The van der Waals surface area contributed by atoms with Crippen LogP contribution in [0.25, 0.3) is 6.08 Å². The summed E-state index contributed by atoms with van der Waals surface area (Å²) >= 11 is 0. The number of hydrogen-bond donors (Lipinski definition) is 0. The van der Waals surface area contributed by atoms with E-state index >= 15 is 0 Å². The third-order valence-electron chi connectivity index (χ3n) is 5.71. The zero-order valence-electron chi connectivity index (χ0n) is 25.2. The Morgan fingerprint density at radius 1 is 0.833 bits per heavy atom. The topological polar surface area (TPSA) is 0 Å². The summed E-state index contributed by atoms with van der Waals surface area (Å²) in [7, 11) is 0.